The lowest BCUT2D eigenvalue weighted by Gasteiger charge is -2.20. The van der Waals surface area contributed by atoms with Gasteiger partial charge < -0.3 is 15.6 Å². The number of nitrogens with zero attached hydrogens (tertiary/aromatic N) is 1. The van der Waals surface area contributed by atoms with Crippen LogP contribution in [0.25, 0.3) is 6.08 Å². The van der Waals surface area contributed by atoms with E-state index in [-0.39, 0.29) is 11.8 Å². The molecule has 2 aromatic rings. The number of hydrogen-bond donors (Lipinski definition) is 3. The van der Waals surface area contributed by atoms with Crippen LogP contribution in [0, 0.1) is 17.6 Å². The second-order valence-electron chi connectivity index (χ2n) is 6.23. The summed E-state index contributed by atoms with van der Waals surface area (Å²) in [7, 11) is 0. The topological polar surface area (TPSA) is 69.8 Å². The average molecular weight is 354 g/mol. The highest BCUT2D eigenvalue weighted by atomic mass is 19.1. The number of rotatable bonds is 4. The first-order valence-corrected chi connectivity index (χ1v) is 8.20. The lowest BCUT2D eigenvalue weighted by Crippen LogP contribution is -2.20. The monoisotopic (exact) mass is 354 g/mol. The highest BCUT2D eigenvalue weighted by Crippen LogP contribution is 2.35. The quantitative estimate of drug-likeness (QED) is 0.740. The van der Waals surface area contributed by atoms with Crippen LogP contribution in [0.15, 0.2) is 59.7 Å². The number of benzene rings is 1. The van der Waals surface area contributed by atoms with Gasteiger partial charge in [0.2, 0.25) is 0 Å². The molecule has 1 amide bonds. The molecule has 0 spiro atoms. The number of aromatic amines is 1. The van der Waals surface area contributed by atoms with Crippen molar-refractivity contribution in [2.45, 2.75) is 13.0 Å². The summed E-state index contributed by atoms with van der Waals surface area (Å²) < 4.78 is 26.6. The summed E-state index contributed by atoms with van der Waals surface area (Å²) in [5.74, 6) is -0.814. The van der Waals surface area contributed by atoms with Gasteiger partial charge in [0.25, 0.3) is 5.91 Å². The van der Waals surface area contributed by atoms with E-state index in [1.807, 2.05) is 12.2 Å². The number of allylic oxidation sites excluding steroid dienone is 4. The Kier molecular flexibility index (Phi) is 4.12. The van der Waals surface area contributed by atoms with Crippen molar-refractivity contribution in [2.75, 3.05) is 0 Å². The summed E-state index contributed by atoms with van der Waals surface area (Å²) in [6.45, 7) is 0.301. The molecule has 2 heterocycles. The summed E-state index contributed by atoms with van der Waals surface area (Å²) in [5.41, 5.74) is 2.89. The molecular weight excluding hydrogens is 338 g/mol. The van der Waals surface area contributed by atoms with Gasteiger partial charge in [0, 0.05) is 47.9 Å². The highest BCUT2D eigenvalue weighted by molar-refractivity contribution is 6.02. The Morgan fingerprint density at radius 2 is 2.04 bits per heavy atom. The maximum atomic E-state index is 13.3. The smallest absolute Gasteiger partial charge is 0.252 e. The Morgan fingerprint density at radius 1 is 1.23 bits per heavy atom. The number of hydrogen-bond acceptors (Lipinski definition) is 3. The van der Waals surface area contributed by atoms with Gasteiger partial charge in [-0.15, -0.1) is 0 Å². The molecule has 1 aliphatic carbocycles. The summed E-state index contributed by atoms with van der Waals surface area (Å²) in [6, 6.07) is 3.44. The molecule has 132 valence electrons. The summed E-state index contributed by atoms with van der Waals surface area (Å²) in [6.07, 6.45) is 9.38. The predicted octanol–water partition coefficient (Wildman–Crippen LogP) is 2.78. The van der Waals surface area contributed by atoms with Gasteiger partial charge in [-0.2, -0.15) is 0 Å². The van der Waals surface area contributed by atoms with Gasteiger partial charge in [0.15, 0.2) is 0 Å². The zero-order valence-corrected chi connectivity index (χ0v) is 13.7. The van der Waals surface area contributed by atoms with Crippen molar-refractivity contribution in [3.8, 4) is 0 Å². The first-order chi connectivity index (χ1) is 12.6. The number of carbonyl (C=O) groups is 1. The van der Waals surface area contributed by atoms with Crippen LogP contribution < -0.4 is 10.6 Å². The van der Waals surface area contributed by atoms with Gasteiger partial charge in [-0.05, 0) is 42.3 Å². The van der Waals surface area contributed by atoms with Crippen LogP contribution in [0.4, 0.5) is 8.78 Å². The fourth-order valence-corrected chi connectivity index (χ4v) is 3.20. The molecule has 26 heavy (non-hydrogen) atoms. The van der Waals surface area contributed by atoms with E-state index in [0.29, 0.717) is 29.9 Å². The molecule has 1 aliphatic heterocycles. The molecule has 5 nitrogen and oxygen atoms in total. The van der Waals surface area contributed by atoms with Crippen LogP contribution >= 0.6 is 0 Å². The average Bonchev–Trinajstić information content (AvgIpc) is 3.21. The van der Waals surface area contributed by atoms with Crippen molar-refractivity contribution < 1.29 is 13.6 Å². The van der Waals surface area contributed by atoms with Crippen LogP contribution in [-0.4, -0.2) is 15.9 Å². The molecule has 1 saturated heterocycles. The minimum Gasteiger partial charge on any atom is -0.384 e. The third-order valence-corrected chi connectivity index (χ3v) is 4.41. The second-order valence-corrected chi connectivity index (χ2v) is 6.23. The first-order valence-electron chi connectivity index (χ1n) is 8.20. The van der Waals surface area contributed by atoms with E-state index in [0.717, 1.165) is 17.5 Å². The molecule has 1 aromatic heterocycles. The van der Waals surface area contributed by atoms with Crippen molar-refractivity contribution in [2.24, 2.45) is 5.92 Å². The molecule has 4 rings (SSSR count). The number of imidazole rings is 1. The van der Waals surface area contributed by atoms with Crippen LogP contribution in [-0.2, 0) is 11.3 Å². The zero-order chi connectivity index (χ0) is 18.1. The lowest BCUT2D eigenvalue weighted by molar-refractivity contribution is -0.115. The Bertz CT molecular complexity index is 924. The Labute approximate surface area is 148 Å². The summed E-state index contributed by atoms with van der Waals surface area (Å²) in [5, 5.41) is 6.06. The van der Waals surface area contributed by atoms with Crippen molar-refractivity contribution in [1.82, 2.24) is 20.6 Å². The fourth-order valence-electron chi connectivity index (χ4n) is 3.20. The Morgan fingerprint density at radius 3 is 2.77 bits per heavy atom. The third-order valence-electron chi connectivity index (χ3n) is 4.41. The number of H-pyrrole nitrogens is 1. The predicted molar refractivity (Wildman–Crippen MR) is 92.2 cm³/mol. The lowest BCUT2D eigenvalue weighted by atomic mass is 9.90. The van der Waals surface area contributed by atoms with Crippen molar-refractivity contribution in [3.05, 3.63) is 82.7 Å². The van der Waals surface area contributed by atoms with E-state index in [9.17, 15) is 13.6 Å². The highest BCUT2D eigenvalue weighted by Gasteiger charge is 2.34. The van der Waals surface area contributed by atoms with E-state index in [2.05, 4.69) is 20.6 Å². The normalized spacial score (nSPS) is 20.5. The number of fused-ring (bicyclic) bond motifs is 1. The first kappa shape index (κ1) is 16.3. The van der Waals surface area contributed by atoms with Gasteiger partial charge >= 0.3 is 0 Å². The minimum atomic E-state index is -0.601. The molecule has 0 radical (unpaired) electrons. The molecular formula is C19H16F2N4O. The third kappa shape index (κ3) is 3.28. The Balaban J connectivity index is 1.49. The Hall–Kier alpha value is -3.22. The van der Waals surface area contributed by atoms with Crippen LogP contribution in [0.1, 0.15) is 17.8 Å². The molecule has 2 aliphatic rings. The molecule has 1 atom stereocenters. The van der Waals surface area contributed by atoms with Gasteiger partial charge in [-0.3, -0.25) is 4.79 Å². The number of aromatic nitrogens is 2. The number of carbonyl (C=O) groups excluding carboxylic acids is 1. The van der Waals surface area contributed by atoms with Crippen molar-refractivity contribution in [1.29, 1.82) is 0 Å². The second kappa shape index (κ2) is 6.59. The summed E-state index contributed by atoms with van der Waals surface area (Å²) in [4.78, 5) is 19.3. The molecule has 1 aromatic carbocycles. The minimum absolute atomic E-state index is 0.0932. The van der Waals surface area contributed by atoms with Gasteiger partial charge in [0.05, 0.1) is 0 Å². The van der Waals surface area contributed by atoms with Crippen molar-refractivity contribution >= 4 is 12.0 Å². The molecule has 0 bridgehead atoms. The fraction of sp³-hybridized carbons (Fsp3) is 0.158. The molecule has 1 fully saturated rings. The number of nitrogens with one attached hydrogen (secondary N) is 3. The van der Waals surface area contributed by atoms with Crippen molar-refractivity contribution in [3.63, 3.8) is 0 Å². The van der Waals surface area contributed by atoms with Crippen LogP contribution in [0.5, 0.6) is 0 Å². The van der Waals surface area contributed by atoms with E-state index in [4.69, 9.17) is 0 Å². The van der Waals surface area contributed by atoms with E-state index in [1.54, 1.807) is 18.5 Å². The molecule has 3 N–H and O–H groups in total. The maximum absolute atomic E-state index is 13.3. The van der Waals surface area contributed by atoms with Gasteiger partial charge in [-0.1, -0.05) is 0 Å². The largest absolute Gasteiger partial charge is 0.384 e. The summed E-state index contributed by atoms with van der Waals surface area (Å²) >= 11 is 0. The zero-order valence-electron chi connectivity index (χ0n) is 13.7. The van der Waals surface area contributed by atoms with E-state index in [1.165, 1.54) is 12.1 Å². The van der Waals surface area contributed by atoms with Gasteiger partial charge in [0.1, 0.15) is 17.5 Å². The van der Waals surface area contributed by atoms with Crippen LogP contribution in [0.2, 0.25) is 0 Å². The van der Waals surface area contributed by atoms with E-state index < -0.39 is 11.6 Å². The molecule has 1 unspecified atom stereocenters. The maximum Gasteiger partial charge on any atom is 0.252 e. The van der Waals surface area contributed by atoms with E-state index >= 15 is 0 Å². The molecule has 0 saturated carbocycles. The molecule has 7 heteroatoms. The van der Waals surface area contributed by atoms with Crippen LogP contribution in [0.3, 0.4) is 0 Å². The standard InChI is InChI=1S/C19H16F2N4O/c20-12-5-11(6-13(21)7-12)10-24-14-1-2-17-15(8-14)16(19(26)25-17)9-18-22-3-4-23-18/h1-7,9,15,24H,8,10H2,(H,22,23)(H,25,26)/b16-9-. The van der Waals surface area contributed by atoms with Gasteiger partial charge in [-0.25, -0.2) is 13.8 Å². The number of amides is 1. The SMILES string of the molecule is O=C1NC2=CC=C(NCc3cc(F)cc(F)c3)CC2/C1=C/c1ncc[nH]1. The number of halogens is 2.